The smallest absolute Gasteiger partial charge is 0.0890 e. The Morgan fingerprint density at radius 2 is 1.00 bits per heavy atom. The van der Waals surface area contributed by atoms with Crippen LogP contribution in [0.15, 0.2) is 83.1 Å². The highest BCUT2D eigenvalue weighted by atomic mass is 32.2. The third-order valence-electron chi connectivity index (χ3n) is 3.78. The fourth-order valence-corrected chi connectivity index (χ4v) is 4.17. The van der Waals surface area contributed by atoms with E-state index in [-0.39, 0.29) is 0 Å². The molecule has 3 aromatic heterocycles. The Morgan fingerprint density at radius 3 is 1.42 bits per heavy atom. The summed E-state index contributed by atoms with van der Waals surface area (Å²) in [5.74, 6) is 1.57. The van der Waals surface area contributed by atoms with Gasteiger partial charge in [0.2, 0.25) is 0 Å². The molecular formula is C20H16N4S2. The van der Waals surface area contributed by atoms with Crippen molar-refractivity contribution in [1.82, 2.24) is 19.9 Å². The van der Waals surface area contributed by atoms with Crippen LogP contribution in [-0.2, 0) is 11.5 Å². The van der Waals surface area contributed by atoms with E-state index < -0.39 is 0 Å². The Balaban J connectivity index is 1.60. The SMILES string of the molecule is c1ccc2nc(CSc3ccncc3)c(CSc3ccncc3)nc2c1. The lowest BCUT2D eigenvalue weighted by Gasteiger charge is -2.10. The summed E-state index contributed by atoms with van der Waals surface area (Å²) in [4.78, 5) is 20.3. The monoisotopic (exact) mass is 376 g/mol. The molecule has 0 aliphatic rings. The summed E-state index contributed by atoms with van der Waals surface area (Å²) in [7, 11) is 0. The van der Waals surface area contributed by atoms with E-state index in [4.69, 9.17) is 9.97 Å². The van der Waals surface area contributed by atoms with E-state index in [1.165, 1.54) is 9.79 Å². The molecule has 128 valence electrons. The number of fused-ring (bicyclic) bond motifs is 1. The van der Waals surface area contributed by atoms with E-state index in [9.17, 15) is 0 Å². The maximum absolute atomic E-state index is 4.88. The summed E-state index contributed by atoms with van der Waals surface area (Å²) >= 11 is 3.51. The van der Waals surface area contributed by atoms with Crippen LogP contribution in [0.2, 0.25) is 0 Å². The first-order chi connectivity index (χ1) is 12.9. The van der Waals surface area contributed by atoms with E-state index in [2.05, 4.69) is 9.97 Å². The molecule has 3 heterocycles. The Kier molecular flexibility index (Phi) is 5.42. The number of aromatic nitrogens is 4. The summed E-state index contributed by atoms with van der Waals surface area (Å²) in [5, 5.41) is 0. The van der Waals surface area contributed by atoms with Crippen molar-refractivity contribution in [2.45, 2.75) is 21.3 Å². The molecule has 0 N–H and O–H groups in total. The molecular weight excluding hydrogens is 360 g/mol. The van der Waals surface area contributed by atoms with Crippen molar-refractivity contribution in [3.05, 3.63) is 84.7 Å². The average Bonchev–Trinajstić information content (AvgIpc) is 2.72. The average molecular weight is 377 g/mol. The fraction of sp³-hybridized carbons (Fsp3) is 0.100. The summed E-state index contributed by atoms with van der Waals surface area (Å²) in [6.07, 6.45) is 7.26. The van der Waals surface area contributed by atoms with E-state index in [0.717, 1.165) is 33.9 Å². The van der Waals surface area contributed by atoms with Crippen molar-refractivity contribution < 1.29 is 0 Å². The van der Waals surface area contributed by atoms with Crippen LogP contribution >= 0.6 is 23.5 Å². The molecule has 0 aliphatic heterocycles. The molecule has 0 spiro atoms. The van der Waals surface area contributed by atoms with Crippen molar-refractivity contribution in [2.24, 2.45) is 0 Å². The Bertz CT molecular complexity index is 912. The zero-order valence-electron chi connectivity index (χ0n) is 13.9. The Labute approximate surface area is 160 Å². The molecule has 1 aromatic carbocycles. The van der Waals surface area contributed by atoms with Gasteiger partial charge in [-0.2, -0.15) is 0 Å². The lowest BCUT2D eigenvalue weighted by atomic mass is 10.2. The predicted octanol–water partition coefficient (Wildman–Crippen LogP) is 5.00. The highest BCUT2D eigenvalue weighted by Crippen LogP contribution is 2.28. The third kappa shape index (κ3) is 4.20. The van der Waals surface area contributed by atoms with Crippen LogP contribution in [0.1, 0.15) is 11.4 Å². The minimum atomic E-state index is 0.786. The number of thioether (sulfide) groups is 2. The molecule has 0 fully saturated rings. The van der Waals surface area contributed by atoms with Gasteiger partial charge in [-0.15, -0.1) is 23.5 Å². The molecule has 0 aliphatic carbocycles. The van der Waals surface area contributed by atoms with Crippen LogP contribution in [0.25, 0.3) is 11.0 Å². The van der Waals surface area contributed by atoms with Gasteiger partial charge in [-0.25, -0.2) is 9.97 Å². The zero-order chi connectivity index (χ0) is 17.6. The first kappa shape index (κ1) is 17.0. The van der Waals surface area contributed by atoms with Gasteiger partial charge in [0.25, 0.3) is 0 Å². The van der Waals surface area contributed by atoms with Crippen LogP contribution < -0.4 is 0 Å². The highest BCUT2D eigenvalue weighted by Gasteiger charge is 2.10. The van der Waals surface area contributed by atoms with Crippen LogP contribution in [0.3, 0.4) is 0 Å². The number of para-hydroxylation sites is 2. The van der Waals surface area contributed by atoms with Gasteiger partial charge in [0, 0.05) is 46.1 Å². The van der Waals surface area contributed by atoms with Crippen molar-refractivity contribution in [2.75, 3.05) is 0 Å². The second-order valence-corrected chi connectivity index (χ2v) is 7.65. The molecule has 4 aromatic rings. The molecule has 0 bridgehead atoms. The van der Waals surface area contributed by atoms with Crippen molar-refractivity contribution in [1.29, 1.82) is 0 Å². The van der Waals surface area contributed by atoms with Gasteiger partial charge >= 0.3 is 0 Å². The van der Waals surface area contributed by atoms with Crippen LogP contribution in [0.5, 0.6) is 0 Å². The second-order valence-electron chi connectivity index (χ2n) is 5.55. The first-order valence-electron chi connectivity index (χ1n) is 8.19. The normalized spacial score (nSPS) is 10.9. The molecule has 0 atom stereocenters. The Morgan fingerprint density at radius 1 is 0.577 bits per heavy atom. The summed E-state index contributed by atoms with van der Waals surface area (Å²) < 4.78 is 0. The number of pyridine rings is 2. The highest BCUT2D eigenvalue weighted by molar-refractivity contribution is 7.99. The van der Waals surface area contributed by atoms with Crippen LogP contribution in [0, 0.1) is 0 Å². The van der Waals surface area contributed by atoms with Crippen molar-refractivity contribution in [3.8, 4) is 0 Å². The van der Waals surface area contributed by atoms with Crippen LogP contribution in [0.4, 0.5) is 0 Å². The van der Waals surface area contributed by atoms with E-state index >= 15 is 0 Å². The van der Waals surface area contributed by atoms with Gasteiger partial charge in [0.05, 0.1) is 22.4 Å². The summed E-state index contributed by atoms with van der Waals surface area (Å²) in [6.45, 7) is 0. The molecule has 4 rings (SSSR count). The quantitative estimate of drug-likeness (QED) is 0.441. The molecule has 6 heteroatoms. The number of hydrogen-bond donors (Lipinski definition) is 0. The lowest BCUT2D eigenvalue weighted by molar-refractivity contribution is 1.07. The molecule has 4 nitrogen and oxygen atoms in total. The van der Waals surface area contributed by atoms with Gasteiger partial charge < -0.3 is 0 Å². The minimum Gasteiger partial charge on any atom is -0.265 e. The lowest BCUT2D eigenvalue weighted by Crippen LogP contribution is -2.00. The Hall–Kier alpha value is -2.44. The van der Waals surface area contributed by atoms with E-state index in [1.54, 1.807) is 23.5 Å². The molecule has 0 amide bonds. The second kappa shape index (κ2) is 8.29. The third-order valence-corrected chi connectivity index (χ3v) is 5.82. The molecule has 0 unspecified atom stereocenters. The maximum Gasteiger partial charge on any atom is 0.0890 e. The summed E-state index contributed by atoms with van der Waals surface area (Å²) in [6, 6.07) is 16.1. The fourth-order valence-electron chi connectivity index (χ4n) is 2.48. The van der Waals surface area contributed by atoms with Crippen molar-refractivity contribution in [3.63, 3.8) is 0 Å². The van der Waals surface area contributed by atoms with Gasteiger partial charge in [-0.3, -0.25) is 9.97 Å². The van der Waals surface area contributed by atoms with Gasteiger partial charge in [0.15, 0.2) is 0 Å². The van der Waals surface area contributed by atoms with E-state index in [1.807, 2.05) is 73.3 Å². The van der Waals surface area contributed by atoms with Gasteiger partial charge in [-0.05, 0) is 36.4 Å². The molecule has 0 saturated heterocycles. The number of nitrogens with zero attached hydrogens (tertiary/aromatic N) is 4. The minimum absolute atomic E-state index is 0.786. The topological polar surface area (TPSA) is 51.6 Å². The van der Waals surface area contributed by atoms with Gasteiger partial charge in [-0.1, -0.05) is 12.1 Å². The van der Waals surface area contributed by atoms with Crippen LogP contribution in [-0.4, -0.2) is 19.9 Å². The molecule has 0 radical (unpaired) electrons. The summed E-state index contributed by atoms with van der Waals surface area (Å²) in [5.41, 5.74) is 3.95. The molecule has 0 saturated carbocycles. The largest absolute Gasteiger partial charge is 0.265 e. The first-order valence-corrected chi connectivity index (χ1v) is 10.2. The maximum atomic E-state index is 4.88. The standard InChI is InChI=1S/C20H16N4S2/c1-2-4-18-17(3-1)23-19(13-25-15-5-9-21-10-6-15)20(24-18)14-26-16-7-11-22-12-8-16/h1-12H,13-14H2. The zero-order valence-corrected chi connectivity index (χ0v) is 15.6. The van der Waals surface area contributed by atoms with E-state index in [0.29, 0.717) is 0 Å². The molecule has 26 heavy (non-hydrogen) atoms. The predicted molar refractivity (Wildman–Crippen MR) is 107 cm³/mol. The van der Waals surface area contributed by atoms with Gasteiger partial charge in [0.1, 0.15) is 0 Å². The number of hydrogen-bond acceptors (Lipinski definition) is 6. The van der Waals surface area contributed by atoms with Crippen molar-refractivity contribution >= 4 is 34.6 Å². The number of benzene rings is 1. The number of rotatable bonds is 6.